The lowest BCUT2D eigenvalue weighted by Crippen LogP contribution is -2.19. The second-order valence-corrected chi connectivity index (χ2v) is 6.16. The number of nitrogens with zero attached hydrogens (tertiary/aromatic N) is 2. The number of carboxylic acid groups (broad SMARTS) is 1. The molecule has 1 heterocycles. The van der Waals surface area contributed by atoms with E-state index < -0.39 is 5.97 Å². The lowest BCUT2D eigenvalue weighted by atomic mass is 10.0. The molecule has 0 fully saturated rings. The molecule has 0 atom stereocenters. The second kappa shape index (κ2) is 9.20. The fourth-order valence-corrected chi connectivity index (χ4v) is 2.81. The predicted octanol–water partition coefficient (Wildman–Crippen LogP) is 4.09. The maximum atomic E-state index is 11.6. The van der Waals surface area contributed by atoms with Crippen molar-refractivity contribution in [2.45, 2.75) is 26.7 Å². The van der Waals surface area contributed by atoms with Gasteiger partial charge >= 0.3 is 5.97 Å². The molecule has 0 bridgehead atoms. The summed E-state index contributed by atoms with van der Waals surface area (Å²) < 4.78 is 11.0. The first kappa shape index (κ1) is 19.7. The van der Waals surface area contributed by atoms with Crippen LogP contribution in [0.5, 0.6) is 5.75 Å². The minimum absolute atomic E-state index is 0.170. The van der Waals surface area contributed by atoms with Crippen LogP contribution in [-0.2, 0) is 4.74 Å². The molecule has 140 valence electrons. The Morgan fingerprint density at radius 2 is 2.04 bits per heavy atom. The van der Waals surface area contributed by atoms with E-state index in [-0.39, 0.29) is 5.56 Å². The number of ether oxygens (including phenoxy) is 2. The zero-order valence-electron chi connectivity index (χ0n) is 15.7. The minimum atomic E-state index is -0.998. The normalized spacial score (nSPS) is 10.8. The zero-order valence-corrected chi connectivity index (χ0v) is 15.7. The fourth-order valence-electron chi connectivity index (χ4n) is 2.81. The fraction of sp³-hybridized carbons (Fsp3) is 0.400. The lowest BCUT2D eigenvalue weighted by molar-refractivity contribution is 0.0697. The third kappa shape index (κ3) is 4.52. The summed E-state index contributed by atoms with van der Waals surface area (Å²) in [6.45, 7) is 7.78. The average molecular weight is 358 g/mol. The highest BCUT2D eigenvalue weighted by molar-refractivity contribution is 5.95. The topological polar surface area (TPSA) is 71.9 Å². The van der Waals surface area contributed by atoms with E-state index in [9.17, 15) is 9.90 Å². The van der Waals surface area contributed by atoms with E-state index in [0.29, 0.717) is 31.4 Å². The van der Waals surface area contributed by atoms with Gasteiger partial charge in [0.2, 0.25) is 0 Å². The van der Waals surface area contributed by atoms with E-state index in [0.717, 1.165) is 17.0 Å². The molecule has 0 aliphatic rings. The predicted molar refractivity (Wildman–Crippen MR) is 102 cm³/mol. The standard InChI is InChI=1S/C20H26N2O4/c1-5-22(18-8-9-21-13-17(18)20(23)24)15-6-7-16(14(2)3)19(12-15)26-11-10-25-4/h6-9,12-14H,5,10-11H2,1-4H3,(H,23,24). The number of methoxy groups -OCH3 is 1. The van der Waals surface area contributed by atoms with Crippen molar-refractivity contribution in [2.75, 3.05) is 31.8 Å². The Morgan fingerprint density at radius 1 is 1.27 bits per heavy atom. The molecule has 6 nitrogen and oxygen atoms in total. The van der Waals surface area contributed by atoms with Crippen LogP contribution in [0.1, 0.15) is 42.6 Å². The van der Waals surface area contributed by atoms with Crippen LogP contribution >= 0.6 is 0 Å². The number of carboxylic acids is 1. The van der Waals surface area contributed by atoms with Gasteiger partial charge in [0.1, 0.15) is 17.9 Å². The summed E-state index contributed by atoms with van der Waals surface area (Å²) in [5.74, 6) is 0.105. The van der Waals surface area contributed by atoms with Gasteiger partial charge in [0.15, 0.2) is 0 Å². The van der Waals surface area contributed by atoms with Gasteiger partial charge in [-0.2, -0.15) is 0 Å². The Hall–Kier alpha value is -2.60. The van der Waals surface area contributed by atoms with Gasteiger partial charge in [-0.05, 0) is 30.5 Å². The number of rotatable bonds is 9. The van der Waals surface area contributed by atoms with E-state index in [1.165, 1.54) is 6.20 Å². The Morgan fingerprint density at radius 3 is 2.65 bits per heavy atom. The molecule has 0 unspecified atom stereocenters. The summed E-state index contributed by atoms with van der Waals surface area (Å²) in [7, 11) is 1.64. The number of aromatic nitrogens is 1. The minimum Gasteiger partial charge on any atom is -0.491 e. The molecular formula is C20H26N2O4. The molecule has 0 radical (unpaired) electrons. The molecule has 0 aliphatic heterocycles. The number of pyridine rings is 1. The third-order valence-corrected chi connectivity index (χ3v) is 4.11. The molecule has 2 rings (SSSR count). The average Bonchev–Trinajstić information content (AvgIpc) is 2.63. The number of anilines is 2. The molecular weight excluding hydrogens is 332 g/mol. The number of carbonyl (C=O) groups is 1. The molecule has 0 amide bonds. The smallest absolute Gasteiger partial charge is 0.339 e. The van der Waals surface area contributed by atoms with Crippen LogP contribution in [0.2, 0.25) is 0 Å². The Labute approximate surface area is 154 Å². The van der Waals surface area contributed by atoms with E-state index in [1.807, 2.05) is 30.0 Å². The highest BCUT2D eigenvalue weighted by Crippen LogP contribution is 2.35. The highest BCUT2D eigenvalue weighted by Gasteiger charge is 2.18. The number of hydrogen-bond acceptors (Lipinski definition) is 5. The first-order valence-electron chi connectivity index (χ1n) is 8.70. The SMILES string of the molecule is CCN(c1ccc(C(C)C)c(OCCOC)c1)c1ccncc1C(=O)O. The van der Waals surface area contributed by atoms with Crippen molar-refractivity contribution in [1.29, 1.82) is 0 Å². The van der Waals surface area contributed by atoms with Crippen LogP contribution in [0.3, 0.4) is 0 Å². The lowest BCUT2D eigenvalue weighted by Gasteiger charge is -2.26. The summed E-state index contributed by atoms with van der Waals surface area (Å²) in [6.07, 6.45) is 2.97. The van der Waals surface area contributed by atoms with Crippen LogP contribution in [0.4, 0.5) is 11.4 Å². The molecule has 0 spiro atoms. The van der Waals surface area contributed by atoms with Gasteiger partial charge in [0.25, 0.3) is 0 Å². The van der Waals surface area contributed by atoms with E-state index in [2.05, 4.69) is 18.8 Å². The number of hydrogen-bond donors (Lipinski definition) is 1. The van der Waals surface area contributed by atoms with Gasteiger partial charge in [0.05, 0.1) is 12.3 Å². The Kier molecular flexibility index (Phi) is 6.97. The van der Waals surface area contributed by atoms with Gasteiger partial charge in [-0.15, -0.1) is 0 Å². The molecule has 1 aromatic carbocycles. The van der Waals surface area contributed by atoms with Crippen LogP contribution < -0.4 is 9.64 Å². The molecule has 1 aromatic heterocycles. The Balaban J connectivity index is 2.45. The first-order chi connectivity index (χ1) is 12.5. The second-order valence-electron chi connectivity index (χ2n) is 6.16. The summed E-state index contributed by atoms with van der Waals surface area (Å²) >= 11 is 0. The highest BCUT2D eigenvalue weighted by atomic mass is 16.5. The number of aromatic carboxylic acids is 1. The molecule has 0 aliphatic carbocycles. The summed E-state index contributed by atoms with van der Waals surface area (Å²) in [5.41, 5.74) is 2.76. The van der Waals surface area contributed by atoms with E-state index >= 15 is 0 Å². The summed E-state index contributed by atoms with van der Waals surface area (Å²) in [6, 6.07) is 7.70. The Bertz CT molecular complexity index is 746. The van der Waals surface area contributed by atoms with Crippen LogP contribution in [0, 0.1) is 0 Å². The molecule has 0 saturated heterocycles. The van der Waals surface area contributed by atoms with Gasteiger partial charge in [0, 0.05) is 37.8 Å². The van der Waals surface area contributed by atoms with Crippen molar-refractivity contribution in [3.63, 3.8) is 0 Å². The van der Waals surface area contributed by atoms with Gasteiger partial charge < -0.3 is 19.5 Å². The third-order valence-electron chi connectivity index (χ3n) is 4.11. The summed E-state index contributed by atoms with van der Waals surface area (Å²) in [4.78, 5) is 17.4. The molecule has 2 aromatic rings. The maximum Gasteiger partial charge on any atom is 0.339 e. The van der Waals surface area contributed by atoms with Crippen LogP contribution in [0.15, 0.2) is 36.7 Å². The van der Waals surface area contributed by atoms with Crippen molar-refractivity contribution in [3.05, 3.63) is 47.8 Å². The quantitative estimate of drug-likeness (QED) is 0.681. The largest absolute Gasteiger partial charge is 0.491 e. The first-order valence-corrected chi connectivity index (χ1v) is 8.70. The monoisotopic (exact) mass is 358 g/mol. The van der Waals surface area contributed by atoms with Gasteiger partial charge in [-0.3, -0.25) is 4.98 Å². The molecule has 26 heavy (non-hydrogen) atoms. The van der Waals surface area contributed by atoms with Gasteiger partial charge in [-0.1, -0.05) is 19.9 Å². The van der Waals surface area contributed by atoms with Gasteiger partial charge in [-0.25, -0.2) is 4.79 Å². The molecule has 6 heteroatoms. The zero-order chi connectivity index (χ0) is 19.1. The van der Waals surface area contributed by atoms with Crippen molar-refractivity contribution >= 4 is 17.3 Å². The van der Waals surface area contributed by atoms with Crippen molar-refractivity contribution in [3.8, 4) is 5.75 Å². The molecule has 1 N–H and O–H groups in total. The van der Waals surface area contributed by atoms with E-state index in [4.69, 9.17) is 9.47 Å². The van der Waals surface area contributed by atoms with Crippen LogP contribution in [-0.4, -0.2) is 42.9 Å². The van der Waals surface area contributed by atoms with Crippen molar-refractivity contribution in [1.82, 2.24) is 4.98 Å². The van der Waals surface area contributed by atoms with Crippen molar-refractivity contribution < 1.29 is 19.4 Å². The summed E-state index contributed by atoms with van der Waals surface area (Å²) in [5, 5.41) is 9.47. The number of benzene rings is 1. The van der Waals surface area contributed by atoms with Crippen LogP contribution in [0.25, 0.3) is 0 Å². The molecule has 0 saturated carbocycles. The maximum absolute atomic E-state index is 11.6. The van der Waals surface area contributed by atoms with Crippen molar-refractivity contribution in [2.24, 2.45) is 0 Å². The van der Waals surface area contributed by atoms with E-state index in [1.54, 1.807) is 19.4 Å².